The van der Waals surface area contributed by atoms with Gasteiger partial charge in [0, 0.05) is 19.6 Å². The molecule has 0 aromatic heterocycles. The molecule has 120 valence electrons. The van der Waals surface area contributed by atoms with Gasteiger partial charge in [-0.15, -0.1) is 0 Å². The highest BCUT2D eigenvalue weighted by atomic mass is 19.1. The highest BCUT2D eigenvalue weighted by Gasteiger charge is 2.31. The summed E-state index contributed by atoms with van der Waals surface area (Å²) in [4.78, 5) is 15.0. The molecule has 0 radical (unpaired) electrons. The Balaban J connectivity index is 2.04. The van der Waals surface area contributed by atoms with Crippen molar-refractivity contribution in [3.63, 3.8) is 0 Å². The number of nitro benzene ring substituents is 1. The van der Waals surface area contributed by atoms with Gasteiger partial charge < -0.3 is 9.80 Å². The van der Waals surface area contributed by atoms with Crippen molar-refractivity contribution in [3.05, 3.63) is 70.0 Å². The van der Waals surface area contributed by atoms with Crippen LogP contribution in [0.3, 0.4) is 0 Å². The number of benzene rings is 2. The molecule has 1 aliphatic heterocycles. The summed E-state index contributed by atoms with van der Waals surface area (Å²) >= 11 is 0. The summed E-state index contributed by atoms with van der Waals surface area (Å²) in [5.74, 6) is -0.592. The molecule has 1 saturated heterocycles. The van der Waals surface area contributed by atoms with Gasteiger partial charge in [-0.25, -0.2) is 4.39 Å². The van der Waals surface area contributed by atoms with Crippen LogP contribution in [0.4, 0.5) is 15.8 Å². The molecule has 0 bridgehead atoms. The van der Waals surface area contributed by atoms with E-state index in [0.29, 0.717) is 12.2 Å². The molecular formula is C17H18FN3O2. The SMILES string of the molecule is CN1CCN(c2ccc(F)cc2[N+](=O)[O-])C(c2ccccc2)C1. The second kappa shape index (κ2) is 6.34. The number of hydrogen-bond acceptors (Lipinski definition) is 4. The highest BCUT2D eigenvalue weighted by Crippen LogP contribution is 2.36. The standard InChI is InChI=1S/C17H18FN3O2/c1-19-9-10-20(17(12-19)13-5-3-2-4-6-13)15-8-7-14(18)11-16(15)21(22)23/h2-8,11,17H,9-10,12H2,1H3. The highest BCUT2D eigenvalue weighted by molar-refractivity contribution is 5.64. The van der Waals surface area contributed by atoms with Crippen molar-refractivity contribution < 1.29 is 9.31 Å². The van der Waals surface area contributed by atoms with Gasteiger partial charge in [0.05, 0.1) is 17.0 Å². The van der Waals surface area contributed by atoms with Gasteiger partial charge in [-0.3, -0.25) is 10.1 Å². The summed E-state index contributed by atoms with van der Waals surface area (Å²) in [7, 11) is 2.03. The van der Waals surface area contributed by atoms with Gasteiger partial charge in [-0.2, -0.15) is 0 Å². The van der Waals surface area contributed by atoms with Crippen molar-refractivity contribution in [2.45, 2.75) is 6.04 Å². The summed E-state index contributed by atoms with van der Waals surface area (Å²) in [5, 5.41) is 11.3. The minimum atomic E-state index is -0.592. The second-order valence-corrected chi connectivity index (χ2v) is 5.77. The zero-order valence-corrected chi connectivity index (χ0v) is 12.9. The topological polar surface area (TPSA) is 49.6 Å². The Hall–Kier alpha value is -2.47. The lowest BCUT2D eigenvalue weighted by atomic mass is 10.0. The van der Waals surface area contributed by atoms with Crippen molar-refractivity contribution in [2.24, 2.45) is 0 Å². The maximum absolute atomic E-state index is 13.4. The Bertz CT molecular complexity index is 708. The van der Waals surface area contributed by atoms with Crippen LogP contribution in [0.5, 0.6) is 0 Å². The third-order valence-corrected chi connectivity index (χ3v) is 4.21. The molecule has 2 aromatic carbocycles. The van der Waals surface area contributed by atoms with Crippen LogP contribution in [-0.2, 0) is 0 Å². The quantitative estimate of drug-likeness (QED) is 0.644. The van der Waals surface area contributed by atoms with Crippen molar-refractivity contribution in [1.29, 1.82) is 0 Å². The number of rotatable bonds is 3. The van der Waals surface area contributed by atoms with E-state index in [4.69, 9.17) is 0 Å². The molecule has 23 heavy (non-hydrogen) atoms. The Labute approximate surface area is 134 Å². The van der Waals surface area contributed by atoms with Gasteiger partial charge in [-0.05, 0) is 24.7 Å². The molecule has 0 N–H and O–H groups in total. The number of likely N-dealkylation sites (N-methyl/N-ethyl adjacent to an activating group) is 1. The minimum Gasteiger partial charge on any atom is -0.356 e. The molecule has 0 spiro atoms. The average molecular weight is 315 g/mol. The van der Waals surface area contributed by atoms with E-state index >= 15 is 0 Å². The second-order valence-electron chi connectivity index (χ2n) is 5.77. The largest absolute Gasteiger partial charge is 0.356 e. The van der Waals surface area contributed by atoms with Crippen molar-refractivity contribution in [1.82, 2.24) is 4.90 Å². The molecule has 0 saturated carbocycles. The zero-order valence-electron chi connectivity index (χ0n) is 12.9. The normalized spacial score (nSPS) is 18.9. The molecule has 2 aromatic rings. The molecule has 1 unspecified atom stereocenters. The van der Waals surface area contributed by atoms with Crippen LogP contribution in [0.2, 0.25) is 0 Å². The smallest absolute Gasteiger partial charge is 0.295 e. The van der Waals surface area contributed by atoms with Crippen LogP contribution < -0.4 is 4.90 Å². The van der Waals surface area contributed by atoms with Crippen LogP contribution in [0, 0.1) is 15.9 Å². The number of nitro groups is 1. The predicted molar refractivity (Wildman–Crippen MR) is 87.1 cm³/mol. The van der Waals surface area contributed by atoms with Crippen LogP contribution in [0.15, 0.2) is 48.5 Å². The van der Waals surface area contributed by atoms with Gasteiger partial charge in [0.1, 0.15) is 11.5 Å². The van der Waals surface area contributed by atoms with Gasteiger partial charge in [0.2, 0.25) is 0 Å². The van der Waals surface area contributed by atoms with E-state index in [9.17, 15) is 14.5 Å². The van der Waals surface area contributed by atoms with E-state index in [1.807, 2.05) is 42.3 Å². The molecule has 1 heterocycles. The molecule has 0 amide bonds. The van der Waals surface area contributed by atoms with Gasteiger partial charge >= 0.3 is 0 Å². The van der Waals surface area contributed by atoms with E-state index in [2.05, 4.69) is 4.90 Å². The minimum absolute atomic E-state index is 0.000823. The fourth-order valence-corrected chi connectivity index (χ4v) is 3.05. The number of nitrogens with zero attached hydrogens (tertiary/aromatic N) is 3. The first-order chi connectivity index (χ1) is 11.1. The lowest BCUT2D eigenvalue weighted by molar-refractivity contribution is -0.384. The third-order valence-electron chi connectivity index (χ3n) is 4.21. The van der Waals surface area contributed by atoms with Crippen molar-refractivity contribution in [2.75, 3.05) is 31.6 Å². The lowest BCUT2D eigenvalue weighted by Crippen LogP contribution is -2.47. The zero-order chi connectivity index (χ0) is 16.4. The Morgan fingerprint density at radius 3 is 2.61 bits per heavy atom. The molecule has 1 aliphatic rings. The fourth-order valence-electron chi connectivity index (χ4n) is 3.05. The van der Waals surface area contributed by atoms with E-state index < -0.39 is 10.7 Å². The molecule has 0 aliphatic carbocycles. The van der Waals surface area contributed by atoms with Crippen LogP contribution >= 0.6 is 0 Å². The summed E-state index contributed by atoms with van der Waals surface area (Å²) in [6, 6.07) is 13.7. The molecule has 6 heteroatoms. The van der Waals surface area contributed by atoms with Gasteiger partial charge in [-0.1, -0.05) is 30.3 Å². The molecule has 1 atom stereocenters. The summed E-state index contributed by atoms with van der Waals surface area (Å²) in [6.07, 6.45) is 0. The first kappa shape index (κ1) is 15.4. The summed E-state index contributed by atoms with van der Waals surface area (Å²) in [6.45, 7) is 2.22. The summed E-state index contributed by atoms with van der Waals surface area (Å²) < 4.78 is 13.4. The average Bonchev–Trinajstić information content (AvgIpc) is 2.56. The maximum Gasteiger partial charge on any atom is 0.295 e. The van der Waals surface area contributed by atoms with Crippen LogP contribution in [0.25, 0.3) is 0 Å². The molecular weight excluding hydrogens is 297 g/mol. The first-order valence-corrected chi connectivity index (χ1v) is 7.50. The van der Waals surface area contributed by atoms with E-state index in [1.54, 1.807) is 0 Å². The van der Waals surface area contributed by atoms with Gasteiger partial charge in [0.15, 0.2) is 0 Å². The maximum atomic E-state index is 13.4. The van der Waals surface area contributed by atoms with E-state index in [1.165, 1.54) is 12.1 Å². The number of halogens is 1. The van der Waals surface area contributed by atoms with Crippen molar-refractivity contribution in [3.8, 4) is 0 Å². The number of piperazine rings is 1. The summed E-state index contributed by atoms with van der Waals surface area (Å²) in [5.41, 5.74) is 1.38. The number of hydrogen-bond donors (Lipinski definition) is 0. The number of anilines is 1. The first-order valence-electron chi connectivity index (χ1n) is 7.50. The Kier molecular flexibility index (Phi) is 4.25. The predicted octanol–water partition coefficient (Wildman–Crippen LogP) is 3.23. The van der Waals surface area contributed by atoms with Crippen LogP contribution in [-0.4, -0.2) is 36.5 Å². The van der Waals surface area contributed by atoms with E-state index in [-0.39, 0.29) is 11.7 Å². The molecule has 1 fully saturated rings. The molecule has 5 nitrogen and oxygen atoms in total. The lowest BCUT2D eigenvalue weighted by Gasteiger charge is -2.41. The Morgan fingerprint density at radius 1 is 1.17 bits per heavy atom. The van der Waals surface area contributed by atoms with E-state index in [0.717, 1.165) is 24.7 Å². The van der Waals surface area contributed by atoms with Gasteiger partial charge in [0.25, 0.3) is 5.69 Å². The Morgan fingerprint density at radius 2 is 1.91 bits per heavy atom. The monoisotopic (exact) mass is 315 g/mol. The van der Waals surface area contributed by atoms with Crippen LogP contribution in [0.1, 0.15) is 11.6 Å². The third kappa shape index (κ3) is 3.17. The molecule has 3 rings (SSSR count). The van der Waals surface area contributed by atoms with Crippen molar-refractivity contribution >= 4 is 11.4 Å². The fraction of sp³-hybridized carbons (Fsp3) is 0.294.